The maximum atomic E-state index is 12.7. The quantitative estimate of drug-likeness (QED) is 0.742. The van der Waals surface area contributed by atoms with Crippen molar-refractivity contribution in [2.45, 2.75) is 44.7 Å². The molecule has 0 radical (unpaired) electrons. The van der Waals surface area contributed by atoms with Gasteiger partial charge in [0, 0.05) is 18.9 Å². The number of hydrogen-bond donors (Lipinski definition) is 2. The van der Waals surface area contributed by atoms with Crippen molar-refractivity contribution < 1.29 is 13.2 Å². The Balaban J connectivity index is 2.13. The highest BCUT2D eigenvalue weighted by Gasteiger charge is 2.27. The molecule has 0 saturated carbocycles. The number of nitrogens with one attached hydrogen (secondary N) is 2. The largest absolute Gasteiger partial charge is 0.351 e. The zero-order chi connectivity index (χ0) is 19.2. The molecule has 6 nitrogen and oxygen atoms in total. The Labute approximate surface area is 155 Å². The molecule has 2 aromatic rings. The standard InChI is InChI=1S/C19H25N3O3S/c1-14(2)11-17(19(23)21-13-16-8-6-10-20-12-16)22-26(24,25)18-9-5-4-7-15(18)3/h4-10,12,14,17,22H,11,13H2,1-3H3,(H,21,23)/t17-/m0/s1. The first-order chi connectivity index (χ1) is 12.3. The van der Waals surface area contributed by atoms with Crippen molar-refractivity contribution in [3.63, 3.8) is 0 Å². The van der Waals surface area contributed by atoms with Crippen LogP contribution in [0.4, 0.5) is 0 Å². The molecule has 0 unspecified atom stereocenters. The van der Waals surface area contributed by atoms with Crippen LogP contribution in [0.15, 0.2) is 53.7 Å². The first-order valence-corrected chi connectivity index (χ1v) is 10.0. The third-order valence-corrected chi connectivity index (χ3v) is 5.53. The number of rotatable bonds is 8. The molecule has 26 heavy (non-hydrogen) atoms. The number of hydrogen-bond acceptors (Lipinski definition) is 4. The summed E-state index contributed by atoms with van der Waals surface area (Å²) in [4.78, 5) is 16.8. The van der Waals surface area contributed by atoms with Gasteiger partial charge < -0.3 is 5.32 Å². The van der Waals surface area contributed by atoms with E-state index < -0.39 is 16.1 Å². The molecular formula is C19H25N3O3S. The zero-order valence-corrected chi connectivity index (χ0v) is 16.1. The zero-order valence-electron chi connectivity index (χ0n) is 15.3. The molecule has 0 spiro atoms. The minimum Gasteiger partial charge on any atom is -0.351 e. The van der Waals surface area contributed by atoms with Crippen LogP contribution in [0.3, 0.4) is 0 Å². The summed E-state index contributed by atoms with van der Waals surface area (Å²) < 4.78 is 28.0. The van der Waals surface area contributed by atoms with E-state index in [9.17, 15) is 13.2 Å². The van der Waals surface area contributed by atoms with Gasteiger partial charge in [-0.1, -0.05) is 38.1 Å². The van der Waals surface area contributed by atoms with Crippen LogP contribution in [-0.2, 0) is 21.4 Å². The molecule has 7 heteroatoms. The topological polar surface area (TPSA) is 88.2 Å². The van der Waals surface area contributed by atoms with Crippen LogP contribution in [0.5, 0.6) is 0 Å². The summed E-state index contributed by atoms with van der Waals surface area (Å²) in [5.41, 5.74) is 1.49. The molecule has 0 aliphatic heterocycles. The number of nitrogens with zero attached hydrogens (tertiary/aromatic N) is 1. The summed E-state index contributed by atoms with van der Waals surface area (Å²) in [6, 6.07) is 9.51. The fourth-order valence-electron chi connectivity index (χ4n) is 2.60. The van der Waals surface area contributed by atoms with Gasteiger partial charge in [-0.05, 0) is 42.5 Å². The Morgan fingerprint density at radius 3 is 2.50 bits per heavy atom. The smallest absolute Gasteiger partial charge is 0.241 e. The van der Waals surface area contributed by atoms with E-state index in [0.717, 1.165) is 5.56 Å². The summed E-state index contributed by atoms with van der Waals surface area (Å²) in [6.45, 7) is 5.93. The van der Waals surface area contributed by atoms with Crippen LogP contribution < -0.4 is 10.0 Å². The second-order valence-electron chi connectivity index (χ2n) is 6.65. The number of benzene rings is 1. The van der Waals surface area contributed by atoms with E-state index in [1.165, 1.54) is 6.07 Å². The summed E-state index contributed by atoms with van der Waals surface area (Å²) in [6.07, 6.45) is 3.72. The van der Waals surface area contributed by atoms with Gasteiger partial charge >= 0.3 is 0 Å². The summed E-state index contributed by atoms with van der Waals surface area (Å²) in [7, 11) is -3.79. The van der Waals surface area contributed by atoms with Crippen LogP contribution in [0.1, 0.15) is 31.4 Å². The Bertz CT molecular complexity index is 836. The van der Waals surface area contributed by atoms with Crippen LogP contribution in [0.2, 0.25) is 0 Å². The van der Waals surface area contributed by atoms with E-state index in [1.807, 2.05) is 19.9 Å². The fraction of sp³-hybridized carbons (Fsp3) is 0.368. The lowest BCUT2D eigenvalue weighted by atomic mass is 10.0. The molecule has 1 aromatic carbocycles. The van der Waals surface area contributed by atoms with Crippen molar-refractivity contribution in [1.29, 1.82) is 0 Å². The first-order valence-electron chi connectivity index (χ1n) is 8.54. The number of aromatic nitrogens is 1. The second-order valence-corrected chi connectivity index (χ2v) is 8.33. The minimum atomic E-state index is -3.79. The van der Waals surface area contributed by atoms with Crippen LogP contribution in [0, 0.1) is 12.8 Å². The summed E-state index contributed by atoms with van der Waals surface area (Å²) >= 11 is 0. The lowest BCUT2D eigenvalue weighted by molar-refractivity contribution is -0.123. The molecule has 0 aliphatic carbocycles. The lowest BCUT2D eigenvalue weighted by Gasteiger charge is -2.20. The highest BCUT2D eigenvalue weighted by molar-refractivity contribution is 7.89. The predicted octanol–water partition coefficient (Wildman–Crippen LogP) is 2.40. The van der Waals surface area contributed by atoms with E-state index in [1.54, 1.807) is 43.6 Å². The number of pyridine rings is 1. The normalized spacial score (nSPS) is 12.8. The van der Waals surface area contributed by atoms with Crippen molar-refractivity contribution in [1.82, 2.24) is 15.0 Å². The van der Waals surface area contributed by atoms with Gasteiger partial charge in [-0.3, -0.25) is 9.78 Å². The number of amides is 1. The predicted molar refractivity (Wildman–Crippen MR) is 101 cm³/mol. The minimum absolute atomic E-state index is 0.156. The van der Waals surface area contributed by atoms with Crippen molar-refractivity contribution in [2.75, 3.05) is 0 Å². The van der Waals surface area contributed by atoms with Crippen molar-refractivity contribution in [2.24, 2.45) is 5.92 Å². The van der Waals surface area contributed by atoms with Crippen molar-refractivity contribution in [3.8, 4) is 0 Å². The highest BCUT2D eigenvalue weighted by Crippen LogP contribution is 2.16. The van der Waals surface area contributed by atoms with Crippen LogP contribution in [0.25, 0.3) is 0 Å². The Morgan fingerprint density at radius 1 is 1.15 bits per heavy atom. The third kappa shape index (κ3) is 5.64. The van der Waals surface area contributed by atoms with E-state index >= 15 is 0 Å². The van der Waals surface area contributed by atoms with Gasteiger partial charge in [0.05, 0.1) is 4.90 Å². The maximum absolute atomic E-state index is 12.7. The number of carbonyl (C=O) groups excluding carboxylic acids is 1. The molecule has 0 aliphatic rings. The van der Waals surface area contributed by atoms with E-state index in [-0.39, 0.29) is 16.7 Å². The van der Waals surface area contributed by atoms with Gasteiger partial charge in [-0.2, -0.15) is 4.72 Å². The molecule has 1 atom stereocenters. The third-order valence-electron chi connectivity index (χ3n) is 3.89. The Kier molecular flexibility index (Phi) is 6.88. The number of aryl methyl sites for hydroxylation is 1. The van der Waals surface area contributed by atoms with E-state index in [0.29, 0.717) is 18.5 Å². The lowest BCUT2D eigenvalue weighted by Crippen LogP contribution is -2.47. The van der Waals surface area contributed by atoms with Gasteiger partial charge in [0.25, 0.3) is 0 Å². The average molecular weight is 375 g/mol. The molecule has 1 aromatic heterocycles. The van der Waals surface area contributed by atoms with Crippen LogP contribution >= 0.6 is 0 Å². The van der Waals surface area contributed by atoms with Gasteiger partial charge in [-0.25, -0.2) is 8.42 Å². The first kappa shape index (κ1) is 20.1. The number of sulfonamides is 1. The Hall–Kier alpha value is -2.25. The second kappa shape index (κ2) is 8.91. The van der Waals surface area contributed by atoms with Gasteiger partial charge in [-0.15, -0.1) is 0 Å². The van der Waals surface area contributed by atoms with Crippen LogP contribution in [-0.4, -0.2) is 25.4 Å². The molecule has 140 valence electrons. The van der Waals surface area contributed by atoms with Gasteiger partial charge in [0.15, 0.2) is 0 Å². The molecule has 1 heterocycles. The maximum Gasteiger partial charge on any atom is 0.241 e. The average Bonchev–Trinajstić information content (AvgIpc) is 2.59. The number of carbonyl (C=O) groups is 1. The highest BCUT2D eigenvalue weighted by atomic mass is 32.2. The van der Waals surface area contributed by atoms with E-state index in [2.05, 4.69) is 15.0 Å². The molecule has 0 fully saturated rings. The molecular weight excluding hydrogens is 350 g/mol. The molecule has 1 amide bonds. The SMILES string of the molecule is Cc1ccccc1S(=O)(=O)N[C@@H](CC(C)C)C(=O)NCc1cccnc1. The monoisotopic (exact) mass is 375 g/mol. The molecule has 2 rings (SSSR count). The van der Waals surface area contributed by atoms with Crippen molar-refractivity contribution in [3.05, 3.63) is 59.9 Å². The molecule has 2 N–H and O–H groups in total. The fourth-order valence-corrected chi connectivity index (χ4v) is 4.06. The molecule has 0 saturated heterocycles. The molecule has 0 bridgehead atoms. The Morgan fingerprint density at radius 2 is 1.88 bits per heavy atom. The van der Waals surface area contributed by atoms with Gasteiger partial charge in [0.1, 0.15) is 6.04 Å². The van der Waals surface area contributed by atoms with Crippen molar-refractivity contribution >= 4 is 15.9 Å². The van der Waals surface area contributed by atoms with Gasteiger partial charge in [0.2, 0.25) is 15.9 Å². The van der Waals surface area contributed by atoms with E-state index in [4.69, 9.17) is 0 Å². The summed E-state index contributed by atoms with van der Waals surface area (Å²) in [5, 5.41) is 2.79. The summed E-state index contributed by atoms with van der Waals surface area (Å²) in [5.74, 6) is -0.191.